The van der Waals surface area contributed by atoms with Crippen molar-refractivity contribution in [3.8, 4) is 0 Å². The first-order chi connectivity index (χ1) is 5.59. The van der Waals surface area contributed by atoms with E-state index in [0.717, 1.165) is 23.6 Å². The Bertz CT molecular complexity index is 280. The van der Waals surface area contributed by atoms with Gasteiger partial charge in [0.2, 0.25) is 0 Å². The molecule has 4 heteroatoms. The molecule has 0 fully saturated rings. The first kappa shape index (κ1) is 9.19. The van der Waals surface area contributed by atoms with E-state index in [9.17, 15) is 4.79 Å². The van der Waals surface area contributed by atoms with Crippen LogP contribution in [0.15, 0.2) is 6.07 Å². The fourth-order valence-corrected chi connectivity index (χ4v) is 1.54. The fourth-order valence-electron chi connectivity index (χ4n) is 0.927. The summed E-state index contributed by atoms with van der Waals surface area (Å²) < 4.78 is 4.04. The monoisotopic (exact) mass is 185 g/mol. The molecule has 0 saturated carbocycles. The van der Waals surface area contributed by atoms with Crippen LogP contribution in [0.3, 0.4) is 0 Å². The minimum atomic E-state index is -0.887. The summed E-state index contributed by atoms with van der Waals surface area (Å²) in [7, 11) is 0. The molecule has 0 saturated heterocycles. The van der Waals surface area contributed by atoms with E-state index in [1.165, 1.54) is 0 Å². The van der Waals surface area contributed by atoms with Crippen LogP contribution in [0, 0.1) is 5.92 Å². The molecule has 12 heavy (non-hydrogen) atoms. The number of nitrogens with zero attached hydrogens (tertiary/aromatic N) is 1. The van der Waals surface area contributed by atoms with Crippen LogP contribution in [0.2, 0.25) is 0 Å². The van der Waals surface area contributed by atoms with Crippen LogP contribution in [-0.2, 0) is 6.42 Å². The average Bonchev–Trinajstić information content (AvgIpc) is 2.34. The van der Waals surface area contributed by atoms with E-state index < -0.39 is 5.97 Å². The molecule has 0 spiro atoms. The summed E-state index contributed by atoms with van der Waals surface area (Å²) >= 11 is 1.05. The standard InChI is InChI=1S/C8H11NO2S/c1-5(2)3-6-4-7(8(10)11)12-9-6/h4-5H,3H2,1-2H3,(H,10,11). The van der Waals surface area contributed by atoms with E-state index in [2.05, 4.69) is 18.2 Å². The fraction of sp³-hybridized carbons (Fsp3) is 0.500. The molecule has 1 aromatic rings. The number of aromatic nitrogens is 1. The van der Waals surface area contributed by atoms with Gasteiger partial charge < -0.3 is 5.11 Å². The Morgan fingerprint density at radius 3 is 2.83 bits per heavy atom. The van der Waals surface area contributed by atoms with Crippen molar-refractivity contribution in [3.05, 3.63) is 16.6 Å². The molecule has 0 aliphatic rings. The van der Waals surface area contributed by atoms with E-state index in [4.69, 9.17) is 5.11 Å². The largest absolute Gasteiger partial charge is 0.477 e. The van der Waals surface area contributed by atoms with Crippen LogP contribution in [0.5, 0.6) is 0 Å². The van der Waals surface area contributed by atoms with Crippen molar-refractivity contribution in [3.63, 3.8) is 0 Å². The number of aromatic carboxylic acids is 1. The molecule has 0 aliphatic heterocycles. The van der Waals surface area contributed by atoms with Gasteiger partial charge in [-0.3, -0.25) is 0 Å². The Morgan fingerprint density at radius 2 is 2.42 bits per heavy atom. The maximum absolute atomic E-state index is 10.5. The van der Waals surface area contributed by atoms with Gasteiger partial charge in [-0.05, 0) is 29.9 Å². The van der Waals surface area contributed by atoms with Gasteiger partial charge in [-0.2, -0.15) is 4.37 Å². The highest BCUT2D eigenvalue weighted by molar-refractivity contribution is 7.08. The predicted molar refractivity (Wildman–Crippen MR) is 47.6 cm³/mol. The van der Waals surface area contributed by atoms with E-state index in [1.807, 2.05) is 0 Å². The van der Waals surface area contributed by atoms with Crippen LogP contribution >= 0.6 is 11.5 Å². The number of rotatable bonds is 3. The number of carbonyl (C=O) groups is 1. The summed E-state index contributed by atoms with van der Waals surface area (Å²) in [5.74, 6) is -0.365. The zero-order valence-corrected chi connectivity index (χ0v) is 7.89. The van der Waals surface area contributed by atoms with Gasteiger partial charge in [0, 0.05) is 0 Å². The first-order valence-electron chi connectivity index (χ1n) is 3.78. The first-order valence-corrected chi connectivity index (χ1v) is 4.56. The maximum Gasteiger partial charge on any atom is 0.347 e. The Labute approximate surface area is 75.2 Å². The minimum absolute atomic E-state index is 0.325. The normalized spacial score (nSPS) is 10.6. The average molecular weight is 185 g/mol. The van der Waals surface area contributed by atoms with Gasteiger partial charge in [0.25, 0.3) is 0 Å². The molecule has 0 aromatic carbocycles. The molecular weight excluding hydrogens is 174 g/mol. The summed E-state index contributed by atoms with van der Waals surface area (Å²) in [4.78, 5) is 10.8. The molecule has 0 radical (unpaired) electrons. The van der Waals surface area contributed by atoms with Crippen molar-refractivity contribution in [2.24, 2.45) is 5.92 Å². The summed E-state index contributed by atoms with van der Waals surface area (Å²) in [5, 5.41) is 8.60. The second-order valence-corrected chi connectivity index (χ2v) is 3.89. The van der Waals surface area contributed by atoms with Gasteiger partial charge >= 0.3 is 5.97 Å². The second-order valence-electron chi connectivity index (χ2n) is 3.09. The molecule has 1 rings (SSSR count). The highest BCUT2D eigenvalue weighted by Crippen LogP contribution is 2.13. The lowest BCUT2D eigenvalue weighted by Crippen LogP contribution is -1.94. The molecule has 0 unspecified atom stereocenters. The Morgan fingerprint density at radius 1 is 1.75 bits per heavy atom. The smallest absolute Gasteiger partial charge is 0.347 e. The highest BCUT2D eigenvalue weighted by atomic mass is 32.1. The molecule has 0 amide bonds. The van der Waals surface area contributed by atoms with Crippen molar-refractivity contribution < 1.29 is 9.90 Å². The molecule has 0 aliphatic carbocycles. The van der Waals surface area contributed by atoms with Crippen molar-refractivity contribution in [1.29, 1.82) is 0 Å². The van der Waals surface area contributed by atoms with Crippen molar-refractivity contribution in [2.45, 2.75) is 20.3 Å². The third-order valence-corrected chi connectivity index (χ3v) is 2.20. The van der Waals surface area contributed by atoms with Crippen molar-refractivity contribution in [2.75, 3.05) is 0 Å². The van der Waals surface area contributed by atoms with Crippen LogP contribution in [-0.4, -0.2) is 15.4 Å². The molecule has 0 atom stereocenters. The quantitative estimate of drug-likeness (QED) is 0.784. The third-order valence-electron chi connectivity index (χ3n) is 1.39. The van der Waals surface area contributed by atoms with Crippen LogP contribution < -0.4 is 0 Å². The molecule has 66 valence electrons. The molecule has 0 bridgehead atoms. The minimum Gasteiger partial charge on any atom is -0.477 e. The van der Waals surface area contributed by atoms with Crippen LogP contribution in [0.1, 0.15) is 29.2 Å². The SMILES string of the molecule is CC(C)Cc1cc(C(=O)O)sn1. The van der Waals surface area contributed by atoms with Crippen LogP contribution in [0.25, 0.3) is 0 Å². The zero-order chi connectivity index (χ0) is 9.14. The summed E-state index contributed by atoms with van der Waals surface area (Å²) in [5.41, 5.74) is 0.882. The summed E-state index contributed by atoms with van der Waals surface area (Å²) in [6.07, 6.45) is 0.851. The lowest BCUT2D eigenvalue weighted by atomic mass is 10.1. The Kier molecular flexibility index (Phi) is 2.81. The van der Waals surface area contributed by atoms with E-state index >= 15 is 0 Å². The molecule has 1 N–H and O–H groups in total. The molecule has 1 aromatic heterocycles. The van der Waals surface area contributed by atoms with Gasteiger partial charge in [0.15, 0.2) is 0 Å². The number of carboxylic acids is 1. The lowest BCUT2D eigenvalue weighted by molar-refractivity contribution is 0.0702. The summed E-state index contributed by atoms with van der Waals surface area (Å²) in [6, 6.07) is 1.65. The molecule has 1 heterocycles. The van der Waals surface area contributed by atoms with Crippen LogP contribution in [0.4, 0.5) is 0 Å². The number of hydrogen-bond donors (Lipinski definition) is 1. The predicted octanol–water partition coefficient (Wildman–Crippen LogP) is 2.04. The topological polar surface area (TPSA) is 50.2 Å². The maximum atomic E-state index is 10.5. The number of carboxylic acid groups (broad SMARTS) is 1. The van der Waals surface area contributed by atoms with E-state index in [0.29, 0.717) is 10.8 Å². The van der Waals surface area contributed by atoms with Gasteiger partial charge in [-0.1, -0.05) is 13.8 Å². The Hall–Kier alpha value is -0.900. The van der Waals surface area contributed by atoms with Gasteiger partial charge in [0.1, 0.15) is 4.88 Å². The highest BCUT2D eigenvalue weighted by Gasteiger charge is 2.08. The number of hydrogen-bond acceptors (Lipinski definition) is 3. The van der Waals surface area contributed by atoms with E-state index in [-0.39, 0.29) is 0 Å². The van der Waals surface area contributed by atoms with Gasteiger partial charge in [-0.25, -0.2) is 4.79 Å². The zero-order valence-electron chi connectivity index (χ0n) is 7.07. The van der Waals surface area contributed by atoms with Gasteiger partial charge in [-0.15, -0.1) is 0 Å². The third kappa shape index (κ3) is 2.30. The van der Waals surface area contributed by atoms with Gasteiger partial charge in [0.05, 0.1) is 5.69 Å². The lowest BCUT2D eigenvalue weighted by Gasteiger charge is -1.97. The van der Waals surface area contributed by atoms with E-state index in [1.54, 1.807) is 6.07 Å². The Balaban J connectivity index is 2.71. The van der Waals surface area contributed by atoms with Crippen molar-refractivity contribution in [1.82, 2.24) is 4.37 Å². The summed E-state index contributed by atoms with van der Waals surface area (Å²) in [6.45, 7) is 4.17. The molecule has 3 nitrogen and oxygen atoms in total. The second kappa shape index (κ2) is 3.67. The molecular formula is C8H11NO2S. The van der Waals surface area contributed by atoms with Crippen molar-refractivity contribution >= 4 is 17.5 Å².